The minimum absolute atomic E-state index is 0.271. The van der Waals surface area contributed by atoms with Gasteiger partial charge in [-0.25, -0.2) is 0 Å². The van der Waals surface area contributed by atoms with Crippen molar-refractivity contribution in [3.63, 3.8) is 0 Å². The SMILES string of the molecule is CC(=O)CCCOC1CCCCC1. The first-order valence-corrected chi connectivity index (χ1v) is 5.40. The third kappa shape index (κ3) is 5.04. The summed E-state index contributed by atoms with van der Waals surface area (Å²) in [5, 5.41) is 0. The van der Waals surface area contributed by atoms with E-state index in [2.05, 4.69) is 0 Å². The molecule has 0 bridgehead atoms. The zero-order valence-corrected chi connectivity index (χ0v) is 8.55. The Bertz CT molecular complexity index is 148. The lowest BCUT2D eigenvalue weighted by Gasteiger charge is -2.21. The monoisotopic (exact) mass is 184 g/mol. The van der Waals surface area contributed by atoms with E-state index in [0.717, 1.165) is 13.0 Å². The molecule has 1 aliphatic rings. The highest BCUT2D eigenvalue weighted by molar-refractivity contribution is 5.75. The Morgan fingerprint density at radius 1 is 1.31 bits per heavy atom. The molecule has 0 saturated heterocycles. The molecular formula is C11H20O2. The second-order valence-electron chi connectivity index (χ2n) is 3.94. The van der Waals surface area contributed by atoms with E-state index in [9.17, 15) is 4.79 Å². The first-order valence-electron chi connectivity index (χ1n) is 5.40. The number of ether oxygens (including phenoxy) is 1. The van der Waals surface area contributed by atoms with Crippen molar-refractivity contribution in [2.75, 3.05) is 6.61 Å². The van der Waals surface area contributed by atoms with E-state index in [1.54, 1.807) is 6.92 Å². The molecule has 0 aromatic heterocycles. The second kappa shape index (κ2) is 6.14. The molecule has 0 aliphatic heterocycles. The summed E-state index contributed by atoms with van der Waals surface area (Å²) in [5.41, 5.74) is 0. The van der Waals surface area contributed by atoms with Gasteiger partial charge in [-0.1, -0.05) is 19.3 Å². The van der Waals surface area contributed by atoms with Gasteiger partial charge in [0.05, 0.1) is 6.10 Å². The average Bonchev–Trinajstić information content (AvgIpc) is 2.14. The minimum Gasteiger partial charge on any atom is -0.378 e. The van der Waals surface area contributed by atoms with E-state index in [4.69, 9.17) is 4.74 Å². The summed E-state index contributed by atoms with van der Waals surface area (Å²) in [6, 6.07) is 0. The van der Waals surface area contributed by atoms with Gasteiger partial charge in [-0.3, -0.25) is 0 Å². The van der Waals surface area contributed by atoms with Gasteiger partial charge in [-0.15, -0.1) is 0 Å². The van der Waals surface area contributed by atoms with Crippen molar-refractivity contribution in [3.8, 4) is 0 Å². The quantitative estimate of drug-likeness (QED) is 0.614. The van der Waals surface area contributed by atoms with E-state index in [1.807, 2.05) is 0 Å². The largest absolute Gasteiger partial charge is 0.378 e. The fourth-order valence-corrected chi connectivity index (χ4v) is 1.80. The third-order valence-corrected chi connectivity index (χ3v) is 2.58. The molecule has 0 spiro atoms. The summed E-state index contributed by atoms with van der Waals surface area (Å²) in [4.78, 5) is 10.6. The molecule has 0 radical (unpaired) electrons. The van der Waals surface area contributed by atoms with Crippen LogP contribution >= 0.6 is 0 Å². The van der Waals surface area contributed by atoms with Crippen LogP contribution in [0.25, 0.3) is 0 Å². The van der Waals surface area contributed by atoms with Gasteiger partial charge in [-0.05, 0) is 26.2 Å². The second-order valence-corrected chi connectivity index (χ2v) is 3.94. The first kappa shape index (κ1) is 10.7. The van der Waals surface area contributed by atoms with Gasteiger partial charge in [0, 0.05) is 13.0 Å². The molecule has 1 aliphatic carbocycles. The molecule has 1 fully saturated rings. The van der Waals surface area contributed by atoms with Gasteiger partial charge in [0.25, 0.3) is 0 Å². The summed E-state index contributed by atoms with van der Waals surface area (Å²) in [5.74, 6) is 0.271. The number of rotatable bonds is 5. The van der Waals surface area contributed by atoms with E-state index in [1.165, 1.54) is 32.1 Å². The number of Topliss-reactive ketones (excluding diaryl/α,β-unsaturated/α-hetero) is 1. The maximum absolute atomic E-state index is 10.6. The molecule has 0 aromatic rings. The number of carbonyl (C=O) groups is 1. The summed E-state index contributed by atoms with van der Waals surface area (Å²) < 4.78 is 5.68. The number of hydrogen-bond donors (Lipinski definition) is 0. The number of hydrogen-bond acceptors (Lipinski definition) is 2. The molecule has 1 saturated carbocycles. The van der Waals surface area contributed by atoms with Gasteiger partial charge in [0.2, 0.25) is 0 Å². The summed E-state index contributed by atoms with van der Waals surface area (Å²) in [7, 11) is 0. The van der Waals surface area contributed by atoms with E-state index < -0.39 is 0 Å². The Morgan fingerprint density at radius 2 is 2.00 bits per heavy atom. The Balaban J connectivity index is 1.95. The van der Waals surface area contributed by atoms with Crippen LogP contribution < -0.4 is 0 Å². The Labute approximate surface area is 80.7 Å². The standard InChI is InChI=1S/C11H20O2/c1-10(12)6-5-9-13-11-7-3-2-4-8-11/h11H,2-9H2,1H3. The van der Waals surface area contributed by atoms with E-state index in [-0.39, 0.29) is 5.78 Å². The van der Waals surface area contributed by atoms with Crippen molar-refractivity contribution < 1.29 is 9.53 Å². The van der Waals surface area contributed by atoms with Crippen LogP contribution in [0, 0.1) is 0 Å². The molecule has 0 unspecified atom stereocenters. The molecule has 2 heteroatoms. The first-order chi connectivity index (χ1) is 6.29. The molecule has 0 aromatic carbocycles. The number of ketones is 1. The van der Waals surface area contributed by atoms with Crippen molar-refractivity contribution in [3.05, 3.63) is 0 Å². The molecule has 13 heavy (non-hydrogen) atoms. The average molecular weight is 184 g/mol. The van der Waals surface area contributed by atoms with Gasteiger partial charge < -0.3 is 9.53 Å². The van der Waals surface area contributed by atoms with Crippen LogP contribution in [0.3, 0.4) is 0 Å². The maximum atomic E-state index is 10.6. The maximum Gasteiger partial charge on any atom is 0.129 e. The van der Waals surface area contributed by atoms with E-state index in [0.29, 0.717) is 12.5 Å². The topological polar surface area (TPSA) is 26.3 Å². The predicted octanol–water partition coefficient (Wildman–Crippen LogP) is 2.70. The summed E-state index contributed by atoms with van der Waals surface area (Å²) >= 11 is 0. The molecule has 1 rings (SSSR count). The minimum atomic E-state index is 0.271. The van der Waals surface area contributed by atoms with Crippen molar-refractivity contribution >= 4 is 5.78 Å². The van der Waals surface area contributed by atoms with Crippen LogP contribution in [0.15, 0.2) is 0 Å². The molecule has 0 N–H and O–H groups in total. The van der Waals surface area contributed by atoms with Gasteiger partial charge in [-0.2, -0.15) is 0 Å². The van der Waals surface area contributed by atoms with Crippen LogP contribution in [0.1, 0.15) is 51.9 Å². The molecule has 2 nitrogen and oxygen atoms in total. The Kier molecular flexibility index (Phi) is 5.06. The third-order valence-electron chi connectivity index (χ3n) is 2.58. The molecule has 0 amide bonds. The van der Waals surface area contributed by atoms with Crippen LogP contribution in [0.2, 0.25) is 0 Å². The lowest BCUT2D eigenvalue weighted by atomic mass is 9.98. The van der Waals surface area contributed by atoms with Gasteiger partial charge >= 0.3 is 0 Å². The van der Waals surface area contributed by atoms with Gasteiger partial charge in [0.15, 0.2) is 0 Å². The highest BCUT2D eigenvalue weighted by Gasteiger charge is 2.12. The fourth-order valence-electron chi connectivity index (χ4n) is 1.80. The van der Waals surface area contributed by atoms with Crippen molar-refractivity contribution in [2.24, 2.45) is 0 Å². The Morgan fingerprint density at radius 3 is 2.62 bits per heavy atom. The summed E-state index contributed by atoms with van der Waals surface area (Å²) in [6.07, 6.45) is 8.50. The zero-order chi connectivity index (χ0) is 9.52. The Hall–Kier alpha value is -0.370. The van der Waals surface area contributed by atoms with Gasteiger partial charge in [0.1, 0.15) is 5.78 Å². The highest BCUT2D eigenvalue weighted by Crippen LogP contribution is 2.20. The van der Waals surface area contributed by atoms with Crippen LogP contribution in [0.5, 0.6) is 0 Å². The van der Waals surface area contributed by atoms with Crippen molar-refractivity contribution in [2.45, 2.75) is 58.0 Å². The fraction of sp³-hybridized carbons (Fsp3) is 0.909. The predicted molar refractivity (Wildman–Crippen MR) is 52.7 cm³/mol. The van der Waals surface area contributed by atoms with Crippen LogP contribution in [-0.2, 0) is 9.53 Å². The normalized spacial score (nSPS) is 18.8. The van der Waals surface area contributed by atoms with Crippen LogP contribution in [0.4, 0.5) is 0 Å². The number of carbonyl (C=O) groups excluding carboxylic acids is 1. The smallest absolute Gasteiger partial charge is 0.129 e. The summed E-state index contributed by atoms with van der Waals surface area (Å²) in [6.45, 7) is 2.41. The lowest BCUT2D eigenvalue weighted by molar-refractivity contribution is -0.117. The van der Waals surface area contributed by atoms with Crippen molar-refractivity contribution in [1.29, 1.82) is 0 Å². The molecule has 76 valence electrons. The van der Waals surface area contributed by atoms with E-state index >= 15 is 0 Å². The van der Waals surface area contributed by atoms with Crippen LogP contribution in [-0.4, -0.2) is 18.5 Å². The van der Waals surface area contributed by atoms with Crippen molar-refractivity contribution in [1.82, 2.24) is 0 Å². The lowest BCUT2D eigenvalue weighted by Crippen LogP contribution is -2.17. The molecule has 0 atom stereocenters. The molecular weight excluding hydrogens is 164 g/mol. The molecule has 0 heterocycles. The highest BCUT2D eigenvalue weighted by atomic mass is 16.5. The zero-order valence-electron chi connectivity index (χ0n) is 8.55.